The van der Waals surface area contributed by atoms with Crippen LogP contribution in [-0.2, 0) is 4.79 Å². The van der Waals surface area contributed by atoms with E-state index in [4.69, 9.17) is 5.11 Å². The van der Waals surface area contributed by atoms with E-state index in [1.165, 1.54) is 23.2 Å². The number of hydrogen-bond donors (Lipinski definition) is 2. The van der Waals surface area contributed by atoms with Gasteiger partial charge in [0.2, 0.25) is 0 Å². The van der Waals surface area contributed by atoms with E-state index in [9.17, 15) is 4.79 Å². The molecule has 2 heterocycles. The summed E-state index contributed by atoms with van der Waals surface area (Å²) >= 11 is 1.52. The van der Waals surface area contributed by atoms with E-state index in [1.807, 2.05) is 23.6 Å². The predicted octanol–water partition coefficient (Wildman–Crippen LogP) is 4.52. The van der Waals surface area contributed by atoms with E-state index >= 15 is 0 Å². The molecule has 2 aromatic heterocycles. The third-order valence-corrected chi connectivity index (χ3v) is 4.97. The molecule has 0 saturated carbocycles. The molecule has 0 radical (unpaired) electrons. The zero-order chi connectivity index (χ0) is 17.9. The summed E-state index contributed by atoms with van der Waals surface area (Å²) in [6.07, 6.45) is 1.45. The first-order valence-corrected chi connectivity index (χ1v) is 8.94. The van der Waals surface area contributed by atoms with E-state index in [0.29, 0.717) is 5.82 Å². The molecule has 128 valence electrons. The molecule has 0 unspecified atom stereocenters. The van der Waals surface area contributed by atoms with Gasteiger partial charge in [0.05, 0.1) is 5.39 Å². The topological polar surface area (TPSA) is 75.1 Å². The Labute approximate surface area is 154 Å². The molecule has 0 spiro atoms. The molecular formula is C20H15N3O2S. The highest BCUT2D eigenvalue weighted by Crippen LogP contribution is 2.37. The maximum Gasteiger partial charge on any atom is 0.322 e. The molecule has 2 N–H and O–H groups in total. The molecule has 0 aliphatic rings. The number of hydrogen-bond acceptors (Lipinski definition) is 5. The first kappa shape index (κ1) is 16.2. The number of thiophene rings is 1. The normalized spacial score (nSPS) is 10.8. The molecule has 0 saturated heterocycles. The molecule has 26 heavy (non-hydrogen) atoms. The Hall–Kier alpha value is -3.25. The van der Waals surface area contributed by atoms with Crippen LogP contribution in [0.5, 0.6) is 0 Å². The van der Waals surface area contributed by atoms with Gasteiger partial charge in [0.1, 0.15) is 23.5 Å². The molecule has 6 heteroatoms. The zero-order valence-electron chi connectivity index (χ0n) is 13.7. The smallest absolute Gasteiger partial charge is 0.322 e. The number of nitrogens with zero attached hydrogens (tertiary/aromatic N) is 2. The standard InChI is InChI=1S/C20H15N3O2S/c24-17(25)10-21-19-18-16(11-26-20(18)23-12-22-19)15-8-6-14(7-9-15)13-4-2-1-3-5-13/h1-9,11-12H,10H2,(H,24,25)(H,21,22,23). The van der Waals surface area contributed by atoms with Gasteiger partial charge in [-0.3, -0.25) is 4.79 Å². The largest absolute Gasteiger partial charge is 0.480 e. The summed E-state index contributed by atoms with van der Waals surface area (Å²) in [5, 5.41) is 14.7. The molecule has 0 aliphatic heterocycles. The Balaban J connectivity index is 1.73. The lowest BCUT2D eigenvalue weighted by atomic mass is 10.0. The van der Waals surface area contributed by atoms with Crippen molar-refractivity contribution in [2.24, 2.45) is 0 Å². The van der Waals surface area contributed by atoms with E-state index in [0.717, 1.165) is 26.9 Å². The minimum absolute atomic E-state index is 0.186. The van der Waals surface area contributed by atoms with Crippen molar-refractivity contribution in [3.63, 3.8) is 0 Å². The molecule has 2 aromatic carbocycles. The average molecular weight is 361 g/mol. The van der Waals surface area contributed by atoms with Gasteiger partial charge in [-0.2, -0.15) is 0 Å². The van der Waals surface area contributed by atoms with E-state index in [2.05, 4.69) is 51.7 Å². The number of rotatable bonds is 5. The van der Waals surface area contributed by atoms with Crippen LogP contribution in [0.1, 0.15) is 0 Å². The van der Waals surface area contributed by atoms with Gasteiger partial charge in [0, 0.05) is 10.9 Å². The van der Waals surface area contributed by atoms with Crippen LogP contribution < -0.4 is 5.32 Å². The maximum atomic E-state index is 10.9. The first-order chi connectivity index (χ1) is 12.7. The third-order valence-electron chi connectivity index (χ3n) is 4.08. The lowest BCUT2D eigenvalue weighted by Gasteiger charge is -2.07. The third kappa shape index (κ3) is 3.14. The van der Waals surface area contributed by atoms with Crippen molar-refractivity contribution in [3.8, 4) is 22.3 Å². The fourth-order valence-corrected chi connectivity index (χ4v) is 3.77. The van der Waals surface area contributed by atoms with E-state index < -0.39 is 5.97 Å². The van der Waals surface area contributed by atoms with Crippen molar-refractivity contribution in [3.05, 3.63) is 66.3 Å². The second kappa shape index (κ2) is 6.93. The highest BCUT2D eigenvalue weighted by Gasteiger charge is 2.13. The summed E-state index contributed by atoms with van der Waals surface area (Å²) in [5.74, 6) is -0.387. The molecule has 0 atom stereocenters. The number of nitrogens with one attached hydrogen (secondary N) is 1. The van der Waals surface area contributed by atoms with Crippen LogP contribution in [0, 0.1) is 0 Å². The van der Waals surface area contributed by atoms with Crippen LogP contribution in [0.15, 0.2) is 66.3 Å². The van der Waals surface area contributed by atoms with Crippen molar-refractivity contribution in [2.75, 3.05) is 11.9 Å². The van der Waals surface area contributed by atoms with Crippen LogP contribution in [-0.4, -0.2) is 27.6 Å². The predicted molar refractivity (Wildman–Crippen MR) is 104 cm³/mol. The van der Waals surface area contributed by atoms with Crippen LogP contribution in [0.4, 0.5) is 5.82 Å². The van der Waals surface area contributed by atoms with Gasteiger partial charge in [-0.05, 0) is 16.7 Å². The lowest BCUT2D eigenvalue weighted by molar-refractivity contribution is -0.134. The average Bonchev–Trinajstić information content (AvgIpc) is 3.12. The summed E-state index contributed by atoms with van der Waals surface area (Å²) in [6.45, 7) is -0.186. The first-order valence-electron chi connectivity index (χ1n) is 8.06. The van der Waals surface area contributed by atoms with Crippen molar-refractivity contribution < 1.29 is 9.90 Å². The van der Waals surface area contributed by atoms with Gasteiger partial charge in [0.25, 0.3) is 0 Å². The van der Waals surface area contributed by atoms with E-state index in [1.54, 1.807) is 0 Å². The lowest BCUT2D eigenvalue weighted by Crippen LogP contribution is -2.13. The molecule has 5 nitrogen and oxygen atoms in total. The van der Waals surface area contributed by atoms with Crippen LogP contribution >= 0.6 is 11.3 Å². The SMILES string of the molecule is O=C(O)CNc1ncnc2scc(-c3ccc(-c4ccccc4)cc3)c12. The number of carboxylic acid groups (broad SMARTS) is 1. The minimum Gasteiger partial charge on any atom is -0.480 e. The van der Waals surface area contributed by atoms with Gasteiger partial charge in [-0.1, -0.05) is 54.6 Å². The Kier molecular flexibility index (Phi) is 4.33. The molecule has 4 aromatic rings. The van der Waals surface area contributed by atoms with Gasteiger partial charge in [-0.15, -0.1) is 11.3 Å². The van der Waals surface area contributed by atoms with Gasteiger partial charge < -0.3 is 10.4 Å². The number of benzene rings is 2. The van der Waals surface area contributed by atoms with Crippen LogP contribution in [0.3, 0.4) is 0 Å². The maximum absolute atomic E-state index is 10.9. The summed E-state index contributed by atoms with van der Waals surface area (Å²) < 4.78 is 0. The highest BCUT2D eigenvalue weighted by atomic mass is 32.1. The van der Waals surface area contributed by atoms with Crippen LogP contribution in [0.25, 0.3) is 32.5 Å². The Morgan fingerprint density at radius 2 is 1.65 bits per heavy atom. The number of carboxylic acids is 1. The van der Waals surface area contributed by atoms with Gasteiger partial charge >= 0.3 is 5.97 Å². The molecule has 0 bridgehead atoms. The molecular weight excluding hydrogens is 346 g/mol. The Morgan fingerprint density at radius 1 is 0.962 bits per heavy atom. The van der Waals surface area contributed by atoms with Crippen LogP contribution in [0.2, 0.25) is 0 Å². The summed E-state index contributed by atoms with van der Waals surface area (Å²) in [5.41, 5.74) is 4.36. The van der Waals surface area contributed by atoms with Gasteiger partial charge in [-0.25, -0.2) is 9.97 Å². The van der Waals surface area contributed by atoms with Crippen molar-refractivity contribution in [1.82, 2.24) is 9.97 Å². The molecule has 4 rings (SSSR count). The minimum atomic E-state index is -0.930. The van der Waals surface area contributed by atoms with Crippen molar-refractivity contribution in [2.45, 2.75) is 0 Å². The summed E-state index contributed by atoms with van der Waals surface area (Å²) in [4.78, 5) is 20.2. The quantitative estimate of drug-likeness (QED) is 0.546. The number of aliphatic carboxylic acids is 1. The summed E-state index contributed by atoms with van der Waals surface area (Å²) in [7, 11) is 0. The molecule has 0 amide bonds. The highest BCUT2D eigenvalue weighted by molar-refractivity contribution is 7.17. The zero-order valence-corrected chi connectivity index (χ0v) is 14.5. The Bertz CT molecular complexity index is 1060. The fraction of sp³-hybridized carbons (Fsp3) is 0.0500. The number of carbonyl (C=O) groups is 1. The van der Waals surface area contributed by atoms with Crippen molar-refractivity contribution in [1.29, 1.82) is 0 Å². The van der Waals surface area contributed by atoms with E-state index in [-0.39, 0.29) is 6.54 Å². The fourth-order valence-electron chi connectivity index (χ4n) is 2.85. The molecule has 0 fully saturated rings. The summed E-state index contributed by atoms with van der Waals surface area (Å²) in [6, 6.07) is 18.5. The van der Waals surface area contributed by atoms with Gasteiger partial charge in [0.15, 0.2) is 0 Å². The number of aromatic nitrogens is 2. The Morgan fingerprint density at radius 3 is 2.38 bits per heavy atom. The second-order valence-electron chi connectivity index (χ2n) is 5.74. The number of anilines is 1. The number of fused-ring (bicyclic) bond motifs is 1. The molecule has 0 aliphatic carbocycles. The second-order valence-corrected chi connectivity index (χ2v) is 6.60. The monoisotopic (exact) mass is 361 g/mol. The van der Waals surface area contributed by atoms with Crippen molar-refractivity contribution >= 4 is 33.3 Å².